The molecule has 0 aliphatic heterocycles. The van der Waals surface area contributed by atoms with E-state index >= 15 is 0 Å². The van der Waals surface area contributed by atoms with Gasteiger partial charge in [-0.05, 0) is 68.6 Å². The first-order chi connectivity index (χ1) is 11.2. The molecule has 0 fully saturated rings. The van der Waals surface area contributed by atoms with Gasteiger partial charge in [0.15, 0.2) is 0 Å². The zero-order chi connectivity index (χ0) is 16.7. The van der Waals surface area contributed by atoms with Crippen LogP contribution in [-0.4, -0.2) is 19.8 Å². The Hall–Kier alpha value is -2.00. The summed E-state index contributed by atoms with van der Waals surface area (Å²) >= 11 is 0. The topological polar surface area (TPSA) is 44.5 Å². The van der Waals surface area contributed by atoms with Crippen LogP contribution in [0.4, 0.5) is 0 Å². The van der Waals surface area contributed by atoms with Gasteiger partial charge in [0.05, 0.1) is 13.2 Å². The number of ether oxygens (including phenoxy) is 2. The van der Waals surface area contributed by atoms with Crippen LogP contribution < -0.4 is 15.2 Å². The van der Waals surface area contributed by atoms with E-state index < -0.39 is 0 Å². The molecule has 2 aromatic rings. The van der Waals surface area contributed by atoms with Crippen LogP contribution in [0.2, 0.25) is 0 Å². The molecule has 0 heterocycles. The van der Waals surface area contributed by atoms with E-state index in [9.17, 15) is 0 Å². The molecule has 0 aromatic heterocycles. The summed E-state index contributed by atoms with van der Waals surface area (Å²) in [5.74, 6) is 2.14. The van der Waals surface area contributed by atoms with Crippen molar-refractivity contribution in [3.8, 4) is 11.5 Å². The van der Waals surface area contributed by atoms with E-state index in [1.54, 1.807) is 0 Å². The third kappa shape index (κ3) is 4.49. The molecule has 124 valence electrons. The van der Waals surface area contributed by atoms with E-state index in [1.807, 2.05) is 32.0 Å². The van der Waals surface area contributed by atoms with Crippen molar-refractivity contribution in [3.63, 3.8) is 0 Å². The maximum atomic E-state index is 6.07. The number of nitrogens with two attached hydrogens (primary N) is 1. The van der Waals surface area contributed by atoms with Gasteiger partial charge in [0, 0.05) is 5.92 Å². The SMILES string of the molecule is CCOc1ccc(C(CN)Cc2ccccc2OCC)c(C)c1. The third-order valence-corrected chi connectivity index (χ3v) is 4.02. The van der Waals surface area contributed by atoms with Crippen LogP contribution in [0.3, 0.4) is 0 Å². The van der Waals surface area contributed by atoms with Crippen LogP contribution in [0.5, 0.6) is 11.5 Å². The van der Waals surface area contributed by atoms with Gasteiger partial charge in [-0.25, -0.2) is 0 Å². The molecule has 0 aliphatic carbocycles. The summed E-state index contributed by atoms with van der Waals surface area (Å²) in [4.78, 5) is 0. The summed E-state index contributed by atoms with van der Waals surface area (Å²) in [5, 5.41) is 0. The lowest BCUT2D eigenvalue weighted by atomic mass is 9.89. The van der Waals surface area contributed by atoms with Crippen LogP contribution in [0.25, 0.3) is 0 Å². The van der Waals surface area contributed by atoms with Gasteiger partial charge in [0.1, 0.15) is 11.5 Å². The molecule has 23 heavy (non-hydrogen) atoms. The summed E-state index contributed by atoms with van der Waals surface area (Å²) < 4.78 is 11.3. The summed E-state index contributed by atoms with van der Waals surface area (Å²) in [7, 11) is 0. The molecule has 3 nitrogen and oxygen atoms in total. The fourth-order valence-electron chi connectivity index (χ4n) is 2.92. The smallest absolute Gasteiger partial charge is 0.122 e. The van der Waals surface area contributed by atoms with E-state index in [2.05, 4.69) is 31.2 Å². The van der Waals surface area contributed by atoms with Crippen molar-refractivity contribution in [2.24, 2.45) is 5.73 Å². The molecule has 0 radical (unpaired) electrons. The highest BCUT2D eigenvalue weighted by Gasteiger charge is 2.16. The number of aryl methyl sites for hydroxylation is 1. The van der Waals surface area contributed by atoms with Gasteiger partial charge in [-0.15, -0.1) is 0 Å². The number of benzene rings is 2. The molecule has 0 saturated carbocycles. The minimum Gasteiger partial charge on any atom is -0.494 e. The molecule has 0 spiro atoms. The second-order valence-corrected chi connectivity index (χ2v) is 5.63. The van der Waals surface area contributed by atoms with E-state index in [-0.39, 0.29) is 5.92 Å². The van der Waals surface area contributed by atoms with Crippen molar-refractivity contribution in [1.82, 2.24) is 0 Å². The lowest BCUT2D eigenvalue weighted by Crippen LogP contribution is -2.16. The number of rotatable bonds is 8. The van der Waals surface area contributed by atoms with Crippen LogP contribution >= 0.6 is 0 Å². The third-order valence-electron chi connectivity index (χ3n) is 4.02. The van der Waals surface area contributed by atoms with Crippen LogP contribution in [-0.2, 0) is 6.42 Å². The zero-order valence-corrected chi connectivity index (χ0v) is 14.3. The first-order valence-electron chi connectivity index (χ1n) is 8.33. The average Bonchev–Trinajstić information content (AvgIpc) is 2.55. The fraction of sp³-hybridized carbons (Fsp3) is 0.400. The predicted octanol–water partition coefficient (Wildman–Crippen LogP) is 4.08. The van der Waals surface area contributed by atoms with Gasteiger partial charge < -0.3 is 15.2 Å². The molecule has 1 atom stereocenters. The van der Waals surface area contributed by atoms with Crippen molar-refractivity contribution in [3.05, 3.63) is 59.2 Å². The Kier molecular flexibility index (Phi) is 6.48. The summed E-state index contributed by atoms with van der Waals surface area (Å²) in [5.41, 5.74) is 9.78. The number of para-hydroxylation sites is 1. The minimum atomic E-state index is 0.271. The van der Waals surface area contributed by atoms with Gasteiger partial charge >= 0.3 is 0 Å². The molecule has 0 bridgehead atoms. The summed E-state index contributed by atoms with van der Waals surface area (Å²) in [6, 6.07) is 14.5. The minimum absolute atomic E-state index is 0.271. The van der Waals surface area contributed by atoms with Crippen LogP contribution in [0, 0.1) is 6.92 Å². The lowest BCUT2D eigenvalue weighted by Gasteiger charge is -2.20. The van der Waals surface area contributed by atoms with Crippen molar-refractivity contribution in [2.75, 3.05) is 19.8 Å². The normalized spacial score (nSPS) is 12.0. The maximum absolute atomic E-state index is 6.07. The molecule has 3 heteroatoms. The second-order valence-electron chi connectivity index (χ2n) is 5.63. The Morgan fingerprint density at radius 3 is 2.39 bits per heavy atom. The van der Waals surface area contributed by atoms with Crippen molar-refractivity contribution in [1.29, 1.82) is 0 Å². The Morgan fingerprint density at radius 1 is 1.00 bits per heavy atom. The zero-order valence-electron chi connectivity index (χ0n) is 14.3. The molecule has 0 saturated heterocycles. The quantitative estimate of drug-likeness (QED) is 0.798. The van der Waals surface area contributed by atoms with Crippen molar-refractivity contribution < 1.29 is 9.47 Å². The number of hydrogen-bond donors (Lipinski definition) is 1. The second kappa shape index (κ2) is 8.59. The molecular weight excluding hydrogens is 286 g/mol. The highest BCUT2D eigenvalue weighted by Crippen LogP contribution is 2.29. The summed E-state index contributed by atoms with van der Waals surface area (Å²) in [6.07, 6.45) is 0.876. The Morgan fingerprint density at radius 2 is 1.74 bits per heavy atom. The molecule has 1 unspecified atom stereocenters. The molecule has 2 aromatic carbocycles. The summed E-state index contributed by atoms with van der Waals surface area (Å²) in [6.45, 7) is 8.09. The largest absolute Gasteiger partial charge is 0.494 e. The maximum Gasteiger partial charge on any atom is 0.122 e. The first-order valence-corrected chi connectivity index (χ1v) is 8.33. The Labute approximate surface area is 139 Å². The van der Waals surface area contributed by atoms with Crippen LogP contribution in [0.1, 0.15) is 36.5 Å². The Bertz CT molecular complexity index is 625. The van der Waals surface area contributed by atoms with E-state index in [1.165, 1.54) is 16.7 Å². The van der Waals surface area contributed by atoms with Gasteiger partial charge in [0.25, 0.3) is 0 Å². The standard InChI is InChI=1S/C20H27NO2/c1-4-22-18-10-11-19(15(3)12-18)17(14-21)13-16-8-6-7-9-20(16)23-5-2/h6-12,17H,4-5,13-14,21H2,1-3H3. The molecule has 0 aliphatic rings. The molecular formula is C20H27NO2. The average molecular weight is 313 g/mol. The van der Waals surface area contributed by atoms with Gasteiger partial charge in [-0.3, -0.25) is 0 Å². The lowest BCUT2D eigenvalue weighted by molar-refractivity contribution is 0.335. The van der Waals surface area contributed by atoms with Gasteiger partial charge in [-0.2, -0.15) is 0 Å². The van der Waals surface area contributed by atoms with E-state index in [0.29, 0.717) is 19.8 Å². The highest BCUT2D eigenvalue weighted by atomic mass is 16.5. The first kappa shape index (κ1) is 17.4. The number of hydrogen-bond acceptors (Lipinski definition) is 3. The van der Waals surface area contributed by atoms with Crippen molar-refractivity contribution >= 4 is 0 Å². The van der Waals surface area contributed by atoms with E-state index in [0.717, 1.165) is 17.9 Å². The molecule has 0 amide bonds. The van der Waals surface area contributed by atoms with Crippen LogP contribution in [0.15, 0.2) is 42.5 Å². The van der Waals surface area contributed by atoms with Crippen molar-refractivity contribution in [2.45, 2.75) is 33.1 Å². The monoisotopic (exact) mass is 313 g/mol. The highest BCUT2D eigenvalue weighted by molar-refractivity contribution is 5.40. The Balaban J connectivity index is 2.23. The molecule has 2 rings (SSSR count). The fourth-order valence-corrected chi connectivity index (χ4v) is 2.92. The molecule has 2 N–H and O–H groups in total. The van der Waals surface area contributed by atoms with E-state index in [4.69, 9.17) is 15.2 Å². The van der Waals surface area contributed by atoms with Gasteiger partial charge in [0.2, 0.25) is 0 Å². The van der Waals surface area contributed by atoms with Gasteiger partial charge in [-0.1, -0.05) is 24.3 Å². The predicted molar refractivity (Wildman–Crippen MR) is 95.5 cm³/mol.